The maximum absolute atomic E-state index is 9.17. The molecule has 1 aliphatic heterocycles. The molecule has 0 spiro atoms. The van der Waals surface area contributed by atoms with Gasteiger partial charge >= 0.3 is 0 Å². The predicted octanol–water partition coefficient (Wildman–Crippen LogP) is 3.51. The van der Waals surface area contributed by atoms with Gasteiger partial charge in [-0.2, -0.15) is 5.10 Å². The molecule has 1 aromatic carbocycles. The van der Waals surface area contributed by atoms with Gasteiger partial charge in [0.15, 0.2) is 5.82 Å². The number of aliphatic hydroxyl groups is 1. The van der Waals surface area contributed by atoms with Crippen molar-refractivity contribution in [3.05, 3.63) is 47.3 Å². The van der Waals surface area contributed by atoms with Crippen LogP contribution < -0.4 is 5.32 Å². The molecule has 5 heteroatoms. The van der Waals surface area contributed by atoms with Crippen LogP contribution in [0.5, 0.6) is 0 Å². The summed E-state index contributed by atoms with van der Waals surface area (Å²) in [4.78, 5) is 4.52. The van der Waals surface area contributed by atoms with Crippen molar-refractivity contribution in [1.29, 1.82) is 0 Å². The van der Waals surface area contributed by atoms with Crippen molar-refractivity contribution in [2.75, 3.05) is 0 Å². The van der Waals surface area contributed by atoms with E-state index in [0.717, 1.165) is 51.2 Å². The smallest absolute Gasteiger partial charge is 0.161 e. The molecule has 23 heavy (non-hydrogen) atoms. The maximum atomic E-state index is 9.17. The molecule has 2 N–H and O–H groups in total. The molecule has 0 fully saturated rings. The fourth-order valence-corrected chi connectivity index (χ4v) is 3.17. The molecule has 115 valence electrons. The summed E-state index contributed by atoms with van der Waals surface area (Å²) < 4.78 is 0. The first-order valence-corrected chi connectivity index (χ1v) is 7.72. The quantitative estimate of drug-likeness (QED) is 0.777. The first-order valence-electron chi connectivity index (χ1n) is 7.72. The van der Waals surface area contributed by atoms with E-state index in [4.69, 9.17) is 0 Å². The second-order valence-corrected chi connectivity index (χ2v) is 5.70. The van der Waals surface area contributed by atoms with Gasteiger partial charge in [0.2, 0.25) is 0 Å². The minimum Gasteiger partial charge on any atom is -0.392 e. The summed E-state index contributed by atoms with van der Waals surface area (Å²) in [5.74, 6) is 0.776. The number of benzene rings is 1. The number of allylic oxidation sites excluding steroid dienone is 2. The number of nitrogens with zero attached hydrogens (tertiary/aromatic N) is 3. The summed E-state index contributed by atoms with van der Waals surface area (Å²) in [6.45, 7) is 4.20. The highest BCUT2D eigenvalue weighted by Crippen LogP contribution is 2.40. The molecular formula is C18H17N4O. The highest BCUT2D eigenvalue weighted by atomic mass is 16.3. The van der Waals surface area contributed by atoms with Gasteiger partial charge in [0.1, 0.15) is 5.69 Å². The van der Waals surface area contributed by atoms with E-state index in [1.165, 1.54) is 5.57 Å². The van der Waals surface area contributed by atoms with Crippen LogP contribution in [0.15, 0.2) is 36.2 Å². The molecule has 1 aliphatic rings. The molecule has 0 unspecified atom stereocenters. The molecular weight excluding hydrogens is 288 g/mol. The van der Waals surface area contributed by atoms with Gasteiger partial charge in [0.25, 0.3) is 0 Å². The molecule has 0 saturated heterocycles. The summed E-state index contributed by atoms with van der Waals surface area (Å²) in [6, 6.07) is 7.77. The molecule has 2 aromatic heterocycles. The van der Waals surface area contributed by atoms with Gasteiger partial charge in [-0.15, -0.1) is 0 Å². The monoisotopic (exact) mass is 305 g/mol. The van der Waals surface area contributed by atoms with E-state index in [9.17, 15) is 5.11 Å². The molecule has 0 amide bonds. The number of hydrogen-bond acceptors (Lipinski definition) is 3. The predicted molar refractivity (Wildman–Crippen MR) is 89.9 cm³/mol. The van der Waals surface area contributed by atoms with E-state index in [1.807, 2.05) is 37.4 Å². The lowest BCUT2D eigenvalue weighted by molar-refractivity contribution is 0.282. The van der Waals surface area contributed by atoms with E-state index in [0.29, 0.717) is 0 Å². The third-order valence-corrected chi connectivity index (χ3v) is 4.37. The minimum absolute atomic E-state index is 0.0437. The third kappa shape index (κ3) is 2.04. The second kappa shape index (κ2) is 5.21. The van der Waals surface area contributed by atoms with Crippen LogP contribution in [-0.4, -0.2) is 20.3 Å². The number of aromatic nitrogens is 3. The van der Waals surface area contributed by atoms with Crippen molar-refractivity contribution in [2.24, 2.45) is 0 Å². The summed E-state index contributed by atoms with van der Waals surface area (Å²) in [7, 11) is 0. The minimum atomic E-state index is 0.0437. The number of nitrogens with one attached hydrogen (secondary N) is 1. The van der Waals surface area contributed by atoms with Crippen LogP contribution in [0.1, 0.15) is 31.4 Å². The Bertz CT molecular complexity index is 922. The van der Waals surface area contributed by atoms with E-state index in [1.54, 1.807) is 0 Å². The van der Waals surface area contributed by atoms with Gasteiger partial charge in [0.05, 0.1) is 12.1 Å². The molecule has 5 nitrogen and oxygen atoms in total. The Morgan fingerprint density at radius 1 is 1.17 bits per heavy atom. The zero-order valence-corrected chi connectivity index (χ0v) is 13.1. The van der Waals surface area contributed by atoms with Crippen molar-refractivity contribution in [1.82, 2.24) is 20.5 Å². The average molecular weight is 305 g/mol. The third-order valence-electron chi connectivity index (χ3n) is 4.37. The van der Waals surface area contributed by atoms with Crippen LogP contribution in [-0.2, 0) is 6.61 Å². The Morgan fingerprint density at radius 2 is 1.96 bits per heavy atom. The van der Waals surface area contributed by atoms with E-state index < -0.39 is 0 Å². The standard InChI is InChI=1S/C18H17N4O/c1-3-13-10(2)20-18-15(13)17-14(8-19-18)16(21-22-17)12-6-4-11(9-23)5-7-12/h4-8,23H,3,9H2,1-2H3,(H,21,22). The van der Waals surface area contributed by atoms with Crippen molar-refractivity contribution in [3.63, 3.8) is 0 Å². The van der Waals surface area contributed by atoms with Crippen molar-refractivity contribution in [2.45, 2.75) is 26.9 Å². The Hall–Kier alpha value is -2.66. The van der Waals surface area contributed by atoms with Gasteiger partial charge in [-0.1, -0.05) is 31.2 Å². The average Bonchev–Trinajstić information content (AvgIpc) is 3.14. The first kappa shape index (κ1) is 14.0. The van der Waals surface area contributed by atoms with Gasteiger partial charge in [-0.25, -0.2) is 10.3 Å². The summed E-state index contributed by atoms with van der Waals surface area (Å²) >= 11 is 0. The van der Waals surface area contributed by atoms with Gasteiger partial charge in [-0.05, 0) is 24.5 Å². The van der Waals surface area contributed by atoms with Crippen LogP contribution in [0.25, 0.3) is 27.7 Å². The molecule has 0 saturated carbocycles. The van der Waals surface area contributed by atoms with E-state index in [2.05, 4.69) is 27.4 Å². The van der Waals surface area contributed by atoms with Gasteiger partial charge in [-0.3, -0.25) is 5.10 Å². The second-order valence-electron chi connectivity index (χ2n) is 5.70. The number of rotatable bonds is 3. The van der Waals surface area contributed by atoms with Crippen molar-refractivity contribution < 1.29 is 5.11 Å². The molecule has 0 aliphatic carbocycles. The number of H-pyrrole nitrogens is 1. The zero-order valence-electron chi connectivity index (χ0n) is 13.1. The molecule has 0 bridgehead atoms. The van der Waals surface area contributed by atoms with Crippen LogP contribution in [0.4, 0.5) is 5.82 Å². The van der Waals surface area contributed by atoms with Gasteiger partial charge < -0.3 is 5.11 Å². The normalized spacial score (nSPS) is 13.5. The summed E-state index contributed by atoms with van der Waals surface area (Å²) in [5, 5.41) is 22.4. The van der Waals surface area contributed by atoms with Gasteiger partial charge in [0, 0.05) is 28.4 Å². The number of hydrogen-bond donors (Lipinski definition) is 2. The molecule has 3 aromatic rings. The summed E-state index contributed by atoms with van der Waals surface area (Å²) in [6.07, 6.45) is 2.75. The number of fused-ring (bicyclic) bond motifs is 3. The lowest BCUT2D eigenvalue weighted by Gasteiger charge is -2.03. The van der Waals surface area contributed by atoms with Crippen molar-refractivity contribution >= 4 is 22.3 Å². The maximum Gasteiger partial charge on any atom is 0.161 e. The van der Waals surface area contributed by atoms with E-state index >= 15 is 0 Å². The Balaban J connectivity index is 1.90. The van der Waals surface area contributed by atoms with Crippen LogP contribution in [0.2, 0.25) is 0 Å². The fourth-order valence-electron chi connectivity index (χ4n) is 3.17. The highest BCUT2D eigenvalue weighted by molar-refractivity contribution is 6.02. The van der Waals surface area contributed by atoms with Crippen LogP contribution >= 0.6 is 0 Å². The van der Waals surface area contributed by atoms with Crippen LogP contribution in [0, 0.1) is 0 Å². The highest BCUT2D eigenvalue weighted by Gasteiger charge is 2.25. The Labute approximate surface area is 134 Å². The molecule has 0 atom stereocenters. The van der Waals surface area contributed by atoms with Crippen molar-refractivity contribution in [3.8, 4) is 11.3 Å². The topological polar surface area (TPSA) is 75.9 Å². The number of aliphatic hydroxyl groups excluding tert-OH is 1. The SMILES string of the molecule is CCC1=C(C)[N]c2ncc3c(-c4ccc(CO)cc4)n[nH]c3c21. The Morgan fingerprint density at radius 3 is 2.65 bits per heavy atom. The molecule has 4 rings (SSSR count). The molecule has 3 heterocycles. The first-order chi connectivity index (χ1) is 11.2. The van der Waals surface area contributed by atoms with Crippen LogP contribution in [0.3, 0.4) is 0 Å². The number of pyridine rings is 1. The number of aromatic amines is 1. The summed E-state index contributed by atoms with van der Waals surface area (Å²) in [5.41, 5.74) is 7.10. The lowest BCUT2D eigenvalue weighted by Crippen LogP contribution is -1.91. The van der Waals surface area contributed by atoms with E-state index in [-0.39, 0.29) is 6.61 Å². The largest absolute Gasteiger partial charge is 0.392 e. The fraction of sp³-hybridized carbons (Fsp3) is 0.222. The zero-order chi connectivity index (χ0) is 16.0. The lowest BCUT2D eigenvalue weighted by atomic mass is 10.0. The molecule has 1 radical (unpaired) electrons. The Kier molecular flexibility index (Phi) is 3.16.